The molecular formula is C9H9N3O2. The molecule has 1 amide bonds. The second kappa shape index (κ2) is 2.43. The highest BCUT2D eigenvalue weighted by Gasteiger charge is 2.30. The Balaban J connectivity index is 2.05. The predicted molar refractivity (Wildman–Crippen MR) is 48.1 cm³/mol. The van der Waals surface area contributed by atoms with Crippen LogP contribution in [0.3, 0.4) is 0 Å². The average molecular weight is 191 g/mol. The summed E-state index contributed by atoms with van der Waals surface area (Å²) in [5.74, 6) is 0.534. The van der Waals surface area contributed by atoms with Gasteiger partial charge >= 0.3 is 0 Å². The van der Waals surface area contributed by atoms with Crippen LogP contribution in [-0.2, 0) is 4.79 Å². The minimum absolute atomic E-state index is 0.0984. The van der Waals surface area contributed by atoms with E-state index < -0.39 is 0 Å². The summed E-state index contributed by atoms with van der Waals surface area (Å²) in [5.41, 5.74) is 0.926. The van der Waals surface area contributed by atoms with Gasteiger partial charge in [-0.25, -0.2) is 0 Å². The summed E-state index contributed by atoms with van der Waals surface area (Å²) in [4.78, 5) is 22.4. The van der Waals surface area contributed by atoms with Gasteiger partial charge in [0.1, 0.15) is 12.2 Å². The lowest BCUT2D eigenvalue weighted by atomic mass is 10.3. The van der Waals surface area contributed by atoms with Gasteiger partial charge < -0.3 is 5.32 Å². The van der Waals surface area contributed by atoms with Gasteiger partial charge in [0.05, 0.1) is 5.69 Å². The summed E-state index contributed by atoms with van der Waals surface area (Å²) < 4.78 is 1.30. The van der Waals surface area contributed by atoms with Gasteiger partial charge in [-0.05, 0) is 12.8 Å². The summed E-state index contributed by atoms with van der Waals surface area (Å²) in [6.45, 7) is 0. The summed E-state index contributed by atoms with van der Waals surface area (Å²) in [6, 6.07) is 1.80. The van der Waals surface area contributed by atoms with Gasteiger partial charge in [0, 0.05) is 12.0 Å². The molecule has 1 saturated carbocycles. The lowest BCUT2D eigenvalue weighted by molar-refractivity contribution is -0.115. The van der Waals surface area contributed by atoms with Crippen LogP contribution in [0.2, 0.25) is 0 Å². The quantitative estimate of drug-likeness (QED) is 0.666. The van der Waals surface area contributed by atoms with E-state index in [2.05, 4.69) is 10.4 Å². The smallest absolute Gasteiger partial charge is 0.258 e. The Labute approximate surface area is 80.1 Å². The molecule has 2 aliphatic rings. The van der Waals surface area contributed by atoms with Crippen LogP contribution in [0, 0.1) is 0 Å². The first-order valence-electron chi connectivity index (χ1n) is 4.67. The van der Waals surface area contributed by atoms with Crippen molar-refractivity contribution in [2.24, 2.45) is 0 Å². The van der Waals surface area contributed by atoms with Crippen molar-refractivity contribution in [1.82, 2.24) is 9.78 Å². The van der Waals surface area contributed by atoms with Crippen molar-refractivity contribution in [1.29, 1.82) is 0 Å². The third-order valence-electron chi connectivity index (χ3n) is 2.54. The van der Waals surface area contributed by atoms with E-state index >= 15 is 0 Å². The second-order valence-electron chi connectivity index (χ2n) is 3.76. The minimum atomic E-state index is -0.246. The maximum atomic E-state index is 11.4. The Morgan fingerprint density at radius 1 is 1.43 bits per heavy atom. The van der Waals surface area contributed by atoms with Crippen molar-refractivity contribution >= 4 is 17.6 Å². The van der Waals surface area contributed by atoms with Crippen LogP contribution < -0.4 is 5.32 Å². The third kappa shape index (κ3) is 1.05. The average Bonchev–Trinajstić information content (AvgIpc) is 2.87. The van der Waals surface area contributed by atoms with E-state index in [1.54, 1.807) is 6.07 Å². The molecule has 0 unspecified atom stereocenters. The van der Waals surface area contributed by atoms with Crippen LogP contribution in [0.15, 0.2) is 6.07 Å². The molecule has 3 rings (SSSR count). The number of nitrogens with zero attached hydrogens (tertiary/aromatic N) is 2. The Kier molecular flexibility index (Phi) is 1.34. The molecule has 2 heterocycles. The fraction of sp³-hybridized carbons (Fsp3) is 0.444. The normalized spacial score (nSPS) is 20.6. The first kappa shape index (κ1) is 7.73. The van der Waals surface area contributed by atoms with E-state index in [4.69, 9.17) is 0 Å². The zero-order valence-electron chi connectivity index (χ0n) is 7.49. The highest BCUT2D eigenvalue weighted by Crippen LogP contribution is 2.40. The van der Waals surface area contributed by atoms with Crippen molar-refractivity contribution < 1.29 is 9.59 Å². The van der Waals surface area contributed by atoms with Gasteiger partial charge in [-0.3, -0.25) is 9.59 Å². The fourth-order valence-corrected chi connectivity index (χ4v) is 1.66. The molecule has 5 nitrogen and oxygen atoms in total. The number of anilines is 1. The molecule has 0 spiro atoms. The molecular weight excluding hydrogens is 182 g/mol. The number of hydrogen-bond acceptors (Lipinski definition) is 3. The van der Waals surface area contributed by atoms with Crippen LogP contribution in [0.4, 0.5) is 5.82 Å². The molecule has 0 bridgehead atoms. The summed E-state index contributed by atoms with van der Waals surface area (Å²) in [7, 11) is 0. The summed E-state index contributed by atoms with van der Waals surface area (Å²) >= 11 is 0. The molecule has 0 radical (unpaired) electrons. The number of fused-ring (bicyclic) bond motifs is 1. The highest BCUT2D eigenvalue weighted by molar-refractivity contribution is 6.08. The van der Waals surface area contributed by atoms with Crippen molar-refractivity contribution in [2.45, 2.75) is 25.2 Å². The van der Waals surface area contributed by atoms with E-state index in [0.29, 0.717) is 11.7 Å². The third-order valence-corrected chi connectivity index (χ3v) is 2.54. The SMILES string of the molecule is O=C1CC(=O)n2nc(C3CC3)cc2N1. The number of carbonyl (C=O) groups is 2. The maximum absolute atomic E-state index is 11.4. The topological polar surface area (TPSA) is 64.0 Å². The number of amides is 1. The van der Waals surface area contributed by atoms with Gasteiger partial charge in [0.25, 0.3) is 5.91 Å². The molecule has 1 aliphatic heterocycles. The zero-order valence-corrected chi connectivity index (χ0v) is 7.49. The zero-order chi connectivity index (χ0) is 9.71. The molecule has 0 aromatic carbocycles. The molecule has 1 aromatic heterocycles. The van der Waals surface area contributed by atoms with Gasteiger partial charge in [-0.1, -0.05) is 0 Å². The van der Waals surface area contributed by atoms with E-state index in [0.717, 1.165) is 18.5 Å². The van der Waals surface area contributed by atoms with Crippen LogP contribution in [-0.4, -0.2) is 21.6 Å². The van der Waals surface area contributed by atoms with E-state index in [9.17, 15) is 9.59 Å². The lowest BCUT2D eigenvalue weighted by Crippen LogP contribution is -2.29. The number of aromatic nitrogens is 2. The Morgan fingerprint density at radius 3 is 2.93 bits per heavy atom. The lowest BCUT2D eigenvalue weighted by Gasteiger charge is -2.11. The molecule has 1 N–H and O–H groups in total. The van der Waals surface area contributed by atoms with Gasteiger partial charge in [-0.15, -0.1) is 0 Å². The molecule has 1 aromatic rings. The number of nitrogens with one attached hydrogen (secondary N) is 1. The number of rotatable bonds is 1. The first-order chi connectivity index (χ1) is 6.74. The largest absolute Gasteiger partial charge is 0.310 e. The van der Waals surface area contributed by atoms with Crippen LogP contribution in [0.1, 0.15) is 35.7 Å². The Hall–Kier alpha value is -1.65. The highest BCUT2D eigenvalue weighted by atomic mass is 16.2. The van der Waals surface area contributed by atoms with Crippen LogP contribution >= 0.6 is 0 Å². The summed E-state index contributed by atoms with van der Waals surface area (Å²) in [5, 5.41) is 6.81. The fourth-order valence-electron chi connectivity index (χ4n) is 1.66. The summed E-state index contributed by atoms with van der Waals surface area (Å²) in [6.07, 6.45) is 2.18. The van der Waals surface area contributed by atoms with E-state index in [1.165, 1.54) is 4.68 Å². The Morgan fingerprint density at radius 2 is 2.21 bits per heavy atom. The molecule has 72 valence electrons. The van der Waals surface area contributed by atoms with Gasteiger partial charge in [0.15, 0.2) is 0 Å². The second-order valence-corrected chi connectivity index (χ2v) is 3.76. The molecule has 0 atom stereocenters. The number of hydrogen-bond donors (Lipinski definition) is 1. The van der Waals surface area contributed by atoms with Crippen molar-refractivity contribution in [3.63, 3.8) is 0 Å². The monoisotopic (exact) mass is 191 g/mol. The molecule has 0 saturated heterocycles. The minimum Gasteiger partial charge on any atom is -0.310 e. The van der Waals surface area contributed by atoms with Crippen LogP contribution in [0.25, 0.3) is 0 Å². The standard InChI is InChI=1S/C9H9N3O2/c13-8-4-9(14)12-7(10-8)3-6(11-12)5-1-2-5/h3,5H,1-2,4H2,(H,10,13). The Bertz CT molecular complexity index is 431. The van der Waals surface area contributed by atoms with Crippen molar-refractivity contribution in [3.05, 3.63) is 11.8 Å². The van der Waals surface area contributed by atoms with Crippen molar-refractivity contribution in [3.8, 4) is 0 Å². The van der Waals surface area contributed by atoms with Gasteiger partial charge in [-0.2, -0.15) is 9.78 Å². The van der Waals surface area contributed by atoms with Crippen molar-refractivity contribution in [2.75, 3.05) is 5.32 Å². The predicted octanol–water partition coefficient (Wildman–Crippen LogP) is 0.743. The van der Waals surface area contributed by atoms with E-state index in [1.807, 2.05) is 0 Å². The molecule has 5 heteroatoms. The van der Waals surface area contributed by atoms with E-state index in [-0.39, 0.29) is 18.2 Å². The first-order valence-corrected chi connectivity index (χ1v) is 4.67. The number of carbonyl (C=O) groups excluding carboxylic acids is 2. The van der Waals surface area contributed by atoms with Gasteiger partial charge in [0.2, 0.25) is 5.91 Å². The van der Waals surface area contributed by atoms with Crippen LogP contribution in [0.5, 0.6) is 0 Å². The molecule has 1 fully saturated rings. The maximum Gasteiger partial charge on any atom is 0.258 e. The molecule has 1 aliphatic carbocycles. The molecule has 14 heavy (non-hydrogen) atoms.